The zero-order valence-electron chi connectivity index (χ0n) is 18.3. The third-order valence-corrected chi connectivity index (χ3v) is 5.41. The SMILES string of the molecule is COc1cccc(C(O)=C2C(=O)C(=O)N(c3ccccn3)[C@@H]2c2ccc(OC)c(OC)c2)c1. The molecule has 4 rings (SSSR count). The number of aliphatic hydroxyl groups is 1. The second-order valence-electron chi connectivity index (χ2n) is 7.20. The quantitative estimate of drug-likeness (QED) is 0.350. The highest BCUT2D eigenvalue weighted by atomic mass is 16.5. The lowest BCUT2D eigenvalue weighted by Crippen LogP contribution is -2.30. The molecule has 1 aliphatic heterocycles. The van der Waals surface area contributed by atoms with Gasteiger partial charge >= 0.3 is 5.91 Å². The minimum absolute atomic E-state index is 0.0638. The number of ketones is 1. The molecule has 0 radical (unpaired) electrons. The van der Waals surface area contributed by atoms with E-state index in [9.17, 15) is 14.7 Å². The van der Waals surface area contributed by atoms with Gasteiger partial charge in [0, 0.05) is 11.8 Å². The van der Waals surface area contributed by atoms with Gasteiger partial charge in [-0.05, 0) is 42.0 Å². The van der Waals surface area contributed by atoms with Crippen LogP contribution < -0.4 is 19.1 Å². The van der Waals surface area contributed by atoms with Gasteiger partial charge in [0.25, 0.3) is 5.78 Å². The highest BCUT2D eigenvalue weighted by Gasteiger charge is 2.47. The summed E-state index contributed by atoms with van der Waals surface area (Å²) in [7, 11) is 4.51. The van der Waals surface area contributed by atoms with Crippen LogP contribution in [-0.4, -0.2) is 43.1 Å². The number of nitrogens with zero attached hydrogens (tertiary/aromatic N) is 2. The number of methoxy groups -OCH3 is 3. The lowest BCUT2D eigenvalue weighted by molar-refractivity contribution is -0.132. The minimum atomic E-state index is -0.939. The first kappa shape index (κ1) is 21.9. The maximum Gasteiger partial charge on any atom is 0.301 e. The van der Waals surface area contributed by atoms with Crippen LogP contribution in [0.25, 0.3) is 5.76 Å². The van der Waals surface area contributed by atoms with E-state index in [2.05, 4.69) is 4.98 Å². The van der Waals surface area contributed by atoms with Crippen LogP contribution in [0.1, 0.15) is 17.2 Å². The lowest BCUT2D eigenvalue weighted by atomic mass is 9.95. The summed E-state index contributed by atoms with van der Waals surface area (Å²) in [6.45, 7) is 0. The highest BCUT2D eigenvalue weighted by Crippen LogP contribution is 2.43. The Bertz CT molecular complexity index is 1240. The monoisotopic (exact) mass is 446 g/mol. The van der Waals surface area contributed by atoms with Crippen molar-refractivity contribution in [2.24, 2.45) is 0 Å². The van der Waals surface area contributed by atoms with E-state index in [1.807, 2.05) is 0 Å². The molecule has 2 heterocycles. The molecule has 33 heavy (non-hydrogen) atoms. The number of aromatic nitrogens is 1. The summed E-state index contributed by atoms with van der Waals surface area (Å²) in [5.41, 5.74) is 0.826. The Morgan fingerprint density at radius 2 is 1.70 bits per heavy atom. The number of benzene rings is 2. The van der Waals surface area contributed by atoms with Crippen LogP contribution in [0.3, 0.4) is 0 Å². The molecule has 168 valence electrons. The van der Waals surface area contributed by atoms with Crippen molar-refractivity contribution in [3.8, 4) is 17.2 Å². The first-order valence-electron chi connectivity index (χ1n) is 10.1. The van der Waals surface area contributed by atoms with Crippen molar-refractivity contribution < 1.29 is 28.9 Å². The number of anilines is 1. The van der Waals surface area contributed by atoms with E-state index in [1.54, 1.807) is 60.7 Å². The Hall–Kier alpha value is -4.33. The predicted octanol–water partition coefficient (Wildman–Crippen LogP) is 3.73. The smallest absolute Gasteiger partial charge is 0.301 e. The lowest BCUT2D eigenvalue weighted by Gasteiger charge is -2.25. The fraction of sp³-hybridized carbons (Fsp3) is 0.160. The van der Waals surface area contributed by atoms with Crippen LogP contribution >= 0.6 is 0 Å². The molecular weight excluding hydrogens is 424 g/mol. The number of aliphatic hydroxyl groups excluding tert-OH is 1. The van der Waals surface area contributed by atoms with Crippen LogP contribution in [0, 0.1) is 0 Å². The van der Waals surface area contributed by atoms with Crippen molar-refractivity contribution >= 4 is 23.3 Å². The molecule has 0 unspecified atom stereocenters. The topological polar surface area (TPSA) is 98.2 Å². The van der Waals surface area contributed by atoms with Crippen LogP contribution in [0.15, 0.2) is 72.4 Å². The number of carbonyl (C=O) groups excluding carboxylic acids is 2. The Balaban J connectivity index is 1.96. The standard InChI is InChI=1S/C25H22N2O6/c1-31-17-8-6-7-16(13-17)23(28)21-22(15-10-11-18(32-2)19(14-15)33-3)27(25(30)24(21)29)20-9-4-5-12-26-20/h4-14,22,28H,1-3H3/t22-/m1/s1. The molecular formula is C25H22N2O6. The van der Waals surface area contributed by atoms with E-state index in [0.29, 0.717) is 28.4 Å². The molecule has 8 heteroatoms. The van der Waals surface area contributed by atoms with Gasteiger partial charge in [-0.1, -0.05) is 24.3 Å². The van der Waals surface area contributed by atoms with Crippen molar-refractivity contribution in [2.75, 3.05) is 26.2 Å². The fourth-order valence-electron chi connectivity index (χ4n) is 3.83. The van der Waals surface area contributed by atoms with Gasteiger partial charge in [0.1, 0.15) is 17.3 Å². The maximum absolute atomic E-state index is 13.2. The Morgan fingerprint density at radius 1 is 0.909 bits per heavy atom. The molecule has 1 N–H and O–H groups in total. The van der Waals surface area contributed by atoms with Crippen molar-refractivity contribution in [3.05, 3.63) is 83.6 Å². The van der Waals surface area contributed by atoms with E-state index in [4.69, 9.17) is 14.2 Å². The zero-order chi connectivity index (χ0) is 23.5. The minimum Gasteiger partial charge on any atom is -0.507 e. The molecule has 8 nitrogen and oxygen atoms in total. The molecule has 0 spiro atoms. The van der Waals surface area contributed by atoms with E-state index in [0.717, 1.165) is 0 Å². The summed E-state index contributed by atoms with van der Waals surface area (Å²) < 4.78 is 16.0. The van der Waals surface area contributed by atoms with Crippen LogP contribution in [0.4, 0.5) is 5.82 Å². The number of ether oxygens (including phenoxy) is 3. The van der Waals surface area contributed by atoms with Gasteiger partial charge in [-0.3, -0.25) is 14.5 Å². The average Bonchev–Trinajstić information content (AvgIpc) is 3.13. The third kappa shape index (κ3) is 3.87. The largest absolute Gasteiger partial charge is 0.507 e. The maximum atomic E-state index is 13.2. The predicted molar refractivity (Wildman–Crippen MR) is 122 cm³/mol. The van der Waals surface area contributed by atoms with Crippen LogP contribution in [0.2, 0.25) is 0 Å². The van der Waals surface area contributed by atoms with Crippen molar-refractivity contribution in [1.82, 2.24) is 4.98 Å². The molecule has 1 atom stereocenters. The van der Waals surface area contributed by atoms with Gasteiger partial charge in [0.15, 0.2) is 11.5 Å². The molecule has 0 aliphatic carbocycles. The Kier molecular flexibility index (Phi) is 5.99. The highest BCUT2D eigenvalue weighted by molar-refractivity contribution is 6.51. The third-order valence-electron chi connectivity index (χ3n) is 5.41. The van der Waals surface area contributed by atoms with Crippen LogP contribution in [-0.2, 0) is 9.59 Å². The van der Waals surface area contributed by atoms with E-state index in [1.165, 1.54) is 32.4 Å². The van der Waals surface area contributed by atoms with Gasteiger partial charge < -0.3 is 19.3 Å². The summed E-state index contributed by atoms with van der Waals surface area (Å²) in [6, 6.07) is 15.8. The molecule has 1 saturated heterocycles. The number of rotatable bonds is 6. The number of pyridine rings is 1. The number of hydrogen-bond acceptors (Lipinski definition) is 7. The molecule has 1 aromatic heterocycles. The van der Waals surface area contributed by atoms with Gasteiger partial charge in [-0.15, -0.1) is 0 Å². The van der Waals surface area contributed by atoms with Crippen LogP contribution in [0.5, 0.6) is 17.2 Å². The van der Waals surface area contributed by atoms with E-state index >= 15 is 0 Å². The molecule has 2 aromatic carbocycles. The van der Waals surface area contributed by atoms with Gasteiger partial charge in [-0.25, -0.2) is 4.98 Å². The number of Topliss-reactive ketones (excluding diaryl/α,β-unsaturated/α-hetero) is 1. The van der Waals surface area contributed by atoms with Gasteiger partial charge in [-0.2, -0.15) is 0 Å². The second kappa shape index (κ2) is 9.04. The zero-order valence-corrected chi connectivity index (χ0v) is 18.3. The summed E-state index contributed by atoms with van der Waals surface area (Å²) in [6.07, 6.45) is 1.53. The summed E-state index contributed by atoms with van der Waals surface area (Å²) in [5, 5.41) is 11.2. The van der Waals surface area contributed by atoms with Gasteiger partial charge in [0.05, 0.1) is 32.9 Å². The van der Waals surface area contributed by atoms with E-state index < -0.39 is 17.7 Å². The molecule has 1 aliphatic rings. The van der Waals surface area contributed by atoms with Crippen molar-refractivity contribution in [2.45, 2.75) is 6.04 Å². The first-order valence-corrected chi connectivity index (χ1v) is 10.1. The number of amides is 1. The van der Waals surface area contributed by atoms with Crippen molar-refractivity contribution in [3.63, 3.8) is 0 Å². The average molecular weight is 446 g/mol. The first-order chi connectivity index (χ1) is 16.0. The second-order valence-corrected chi connectivity index (χ2v) is 7.20. The molecule has 0 bridgehead atoms. The van der Waals surface area contributed by atoms with Gasteiger partial charge in [0.2, 0.25) is 0 Å². The summed E-state index contributed by atoms with van der Waals surface area (Å²) in [5.74, 6) is -0.235. The normalized spacial score (nSPS) is 17.2. The Morgan fingerprint density at radius 3 is 2.36 bits per heavy atom. The molecule has 1 fully saturated rings. The number of carbonyl (C=O) groups is 2. The van der Waals surface area contributed by atoms with Crippen molar-refractivity contribution in [1.29, 1.82) is 0 Å². The van der Waals surface area contributed by atoms with E-state index in [-0.39, 0.29) is 17.2 Å². The molecule has 3 aromatic rings. The fourth-order valence-corrected chi connectivity index (χ4v) is 3.83. The molecule has 1 amide bonds. The molecule has 0 saturated carbocycles. The summed E-state index contributed by atoms with van der Waals surface area (Å²) >= 11 is 0. The summed E-state index contributed by atoms with van der Waals surface area (Å²) in [4.78, 5) is 31.9. The Labute approximate surface area is 190 Å². The number of hydrogen-bond donors (Lipinski definition) is 1.